The van der Waals surface area contributed by atoms with E-state index in [2.05, 4.69) is 0 Å². The van der Waals surface area contributed by atoms with Crippen LogP contribution in [0, 0.1) is 11.3 Å². The van der Waals surface area contributed by atoms with Crippen molar-refractivity contribution in [3.8, 4) is 0 Å². The van der Waals surface area contributed by atoms with Crippen LogP contribution in [0.1, 0.15) is 20.8 Å². The van der Waals surface area contributed by atoms with Crippen molar-refractivity contribution in [2.75, 3.05) is 0 Å². The van der Waals surface area contributed by atoms with Crippen molar-refractivity contribution in [2.45, 2.75) is 20.8 Å². The van der Waals surface area contributed by atoms with Crippen LogP contribution < -0.4 is 0 Å². The Balaban J connectivity index is 4.80. The van der Waals surface area contributed by atoms with E-state index in [1.54, 1.807) is 0 Å². The van der Waals surface area contributed by atoms with Gasteiger partial charge in [-0.15, -0.1) is 0 Å². The smallest absolute Gasteiger partial charge is 0.372 e. The molecule has 1 unspecified atom stereocenters. The summed E-state index contributed by atoms with van der Waals surface area (Å²) >= 11 is 0. The summed E-state index contributed by atoms with van der Waals surface area (Å²) in [5.74, 6) is -4.81. The Morgan fingerprint density at radius 1 is 1.29 bits per heavy atom. The fourth-order valence-electron chi connectivity index (χ4n) is 0.920. The molecule has 0 saturated carbocycles. The minimum absolute atomic E-state index is 0.404. The van der Waals surface area contributed by atoms with Gasteiger partial charge in [0, 0.05) is 0 Å². The summed E-state index contributed by atoms with van der Waals surface area (Å²) in [6, 6.07) is 0. The van der Waals surface area contributed by atoms with E-state index in [1.807, 2.05) is 0 Å². The number of aldehydes is 1. The third-order valence-corrected chi connectivity index (χ3v) is 1.93. The molecule has 0 aromatic rings. The lowest BCUT2D eigenvalue weighted by atomic mass is 9.81. The molecule has 0 aromatic carbocycles. The molecule has 1 atom stereocenters. The van der Waals surface area contributed by atoms with E-state index in [0.717, 1.165) is 0 Å². The summed E-state index contributed by atoms with van der Waals surface area (Å²) in [4.78, 5) is 43.1. The topological polar surface area (TPSA) is 88.5 Å². The molecule has 0 rings (SSSR count). The van der Waals surface area contributed by atoms with Crippen molar-refractivity contribution in [1.29, 1.82) is 0 Å². The van der Waals surface area contributed by atoms with Crippen LogP contribution >= 0.6 is 0 Å². The number of rotatable bonds is 5. The Morgan fingerprint density at radius 3 is 2.00 bits per heavy atom. The molecule has 5 heteroatoms. The van der Waals surface area contributed by atoms with E-state index in [-0.39, 0.29) is 0 Å². The molecule has 78 valence electrons. The molecule has 0 aliphatic carbocycles. The van der Waals surface area contributed by atoms with Crippen molar-refractivity contribution in [2.24, 2.45) is 11.3 Å². The summed E-state index contributed by atoms with van der Waals surface area (Å²) in [5.41, 5.74) is -1.31. The summed E-state index contributed by atoms with van der Waals surface area (Å²) in [6.07, 6.45) is 0.404. The van der Waals surface area contributed by atoms with Crippen molar-refractivity contribution in [1.82, 2.24) is 0 Å². The van der Waals surface area contributed by atoms with Gasteiger partial charge in [0.2, 0.25) is 5.78 Å². The zero-order valence-corrected chi connectivity index (χ0v) is 8.23. The monoisotopic (exact) mass is 200 g/mol. The Morgan fingerprint density at radius 2 is 1.71 bits per heavy atom. The lowest BCUT2D eigenvalue weighted by Crippen LogP contribution is -2.37. The first-order chi connectivity index (χ1) is 6.24. The predicted octanol–water partition coefficient (Wildman–Crippen LogP) is 0.0704. The van der Waals surface area contributed by atoms with Crippen molar-refractivity contribution < 1.29 is 24.3 Å². The van der Waals surface area contributed by atoms with Crippen LogP contribution in [0.5, 0.6) is 0 Å². The molecule has 0 heterocycles. The highest BCUT2D eigenvalue weighted by Gasteiger charge is 2.36. The summed E-state index contributed by atoms with van der Waals surface area (Å²) in [5, 5.41) is 8.35. The second-order valence-corrected chi connectivity index (χ2v) is 3.59. The summed E-state index contributed by atoms with van der Waals surface area (Å²) in [7, 11) is 0. The number of carboxylic acid groups (broad SMARTS) is 1. The molecule has 5 nitrogen and oxygen atoms in total. The van der Waals surface area contributed by atoms with E-state index in [4.69, 9.17) is 5.11 Å². The molecule has 0 radical (unpaired) electrons. The van der Waals surface area contributed by atoms with Gasteiger partial charge in [0.15, 0.2) is 5.78 Å². The minimum atomic E-state index is -1.66. The first kappa shape index (κ1) is 12.5. The van der Waals surface area contributed by atoms with E-state index >= 15 is 0 Å². The average molecular weight is 200 g/mol. The zero-order chi connectivity index (χ0) is 11.5. The normalized spacial score (nSPS) is 13.1. The minimum Gasteiger partial charge on any atom is -0.475 e. The zero-order valence-electron chi connectivity index (χ0n) is 8.23. The summed E-state index contributed by atoms with van der Waals surface area (Å²) < 4.78 is 0. The Bertz CT molecular complexity index is 290. The highest BCUT2D eigenvalue weighted by molar-refractivity contribution is 6.38. The van der Waals surface area contributed by atoms with E-state index < -0.39 is 28.9 Å². The standard InChI is InChI=1S/C9H12O5/c1-5(6(11)8(13)14)7(12)9(2,3)4-10/h4-5H,1-3H3,(H,13,14). The van der Waals surface area contributed by atoms with Crippen LogP contribution in [0.3, 0.4) is 0 Å². The maximum atomic E-state index is 11.4. The van der Waals surface area contributed by atoms with Gasteiger partial charge in [-0.25, -0.2) is 4.79 Å². The molecule has 0 saturated heterocycles. The van der Waals surface area contributed by atoms with Gasteiger partial charge in [-0.1, -0.05) is 0 Å². The van der Waals surface area contributed by atoms with Crippen LogP contribution in [0.25, 0.3) is 0 Å². The quantitative estimate of drug-likeness (QED) is 0.385. The van der Waals surface area contributed by atoms with Gasteiger partial charge >= 0.3 is 5.97 Å². The number of carbonyl (C=O) groups excluding carboxylic acids is 3. The third-order valence-electron chi connectivity index (χ3n) is 1.93. The van der Waals surface area contributed by atoms with Crippen molar-refractivity contribution >= 4 is 23.8 Å². The lowest BCUT2D eigenvalue weighted by Gasteiger charge is -2.18. The van der Waals surface area contributed by atoms with Crippen LogP contribution in [0.4, 0.5) is 0 Å². The average Bonchev–Trinajstić information content (AvgIpc) is 2.14. The van der Waals surface area contributed by atoms with Gasteiger partial charge in [-0.3, -0.25) is 9.59 Å². The second-order valence-electron chi connectivity index (χ2n) is 3.59. The number of hydrogen-bond acceptors (Lipinski definition) is 4. The van der Waals surface area contributed by atoms with Gasteiger partial charge < -0.3 is 9.90 Å². The van der Waals surface area contributed by atoms with E-state index in [1.165, 1.54) is 20.8 Å². The number of carboxylic acids is 1. The van der Waals surface area contributed by atoms with Gasteiger partial charge in [0.1, 0.15) is 6.29 Å². The predicted molar refractivity (Wildman–Crippen MR) is 46.7 cm³/mol. The molecule has 0 aromatic heterocycles. The maximum Gasteiger partial charge on any atom is 0.372 e. The van der Waals surface area contributed by atoms with Gasteiger partial charge in [0.05, 0.1) is 11.3 Å². The molecule has 0 aliphatic rings. The third kappa shape index (κ3) is 2.48. The number of aliphatic carboxylic acids is 1. The molecule has 0 amide bonds. The highest BCUT2D eigenvalue weighted by Crippen LogP contribution is 2.19. The van der Waals surface area contributed by atoms with Crippen LogP contribution in [0.15, 0.2) is 0 Å². The summed E-state index contributed by atoms with van der Waals surface area (Å²) in [6.45, 7) is 3.87. The molecule has 0 bridgehead atoms. The molecule has 0 fully saturated rings. The fraction of sp³-hybridized carbons (Fsp3) is 0.556. The Labute approximate surface area is 81.1 Å². The van der Waals surface area contributed by atoms with E-state index in [9.17, 15) is 19.2 Å². The van der Waals surface area contributed by atoms with Crippen LogP contribution in [-0.2, 0) is 19.2 Å². The van der Waals surface area contributed by atoms with Crippen LogP contribution in [0.2, 0.25) is 0 Å². The number of ketones is 2. The Kier molecular flexibility index (Phi) is 3.68. The number of carbonyl (C=O) groups is 4. The largest absolute Gasteiger partial charge is 0.475 e. The van der Waals surface area contributed by atoms with Gasteiger partial charge in [-0.05, 0) is 20.8 Å². The molecule has 14 heavy (non-hydrogen) atoms. The fourth-order valence-corrected chi connectivity index (χ4v) is 0.920. The van der Waals surface area contributed by atoms with Crippen LogP contribution in [-0.4, -0.2) is 28.9 Å². The van der Waals surface area contributed by atoms with Crippen molar-refractivity contribution in [3.63, 3.8) is 0 Å². The number of hydrogen-bond donors (Lipinski definition) is 1. The molecule has 1 N–H and O–H groups in total. The molecule has 0 spiro atoms. The van der Waals surface area contributed by atoms with Crippen molar-refractivity contribution in [3.05, 3.63) is 0 Å². The lowest BCUT2D eigenvalue weighted by molar-refractivity contribution is -0.154. The highest BCUT2D eigenvalue weighted by atomic mass is 16.4. The van der Waals surface area contributed by atoms with Gasteiger partial charge in [-0.2, -0.15) is 0 Å². The SMILES string of the molecule is CC(C(=O)C(=O)O)C(=O)C(C)(C)C=O. The molecular weight excluding hydrogens is 188 g/mol. The first-order valence-electron chi connectivity index (χ1n) is 4.02. The molecule has 0 aliphatic heterocycles. The first-order valence-corrected chi connectivity index (χ1v) is 4.02. The maximum absolute atomic E-state index is 11.4. The van der Waals surface area contributed by atoms with Gasteiger partial charge in [0.25, 0.3) is 0 Å². The number of Topliss-reactive ketones (excluding diaryl/α,β-unsaturated/α-hetero) is 2. The Hall–Kier alpha value is -1.52. The van der Waals surface area contributed by atoms with E-state index in [0.29, 0.717) is 6.29 Å². The second kappa shape index (κ2) is 4.13. The molecular formula is C9H12O5.